The Balaban J connectivity index is 3.28. The number of halogens is 4. The molecule has 0 saturated heterocycles. The van der Waals surface area contributed by atoms with Crippen LogP contribution in [0.4, 0.5) is 17.6 Å². The van der Waals surface area contributed by atoms with Crippen molar-refractivity contribution in [3.8, 4) is 0 Å². The summed E-state index contributed by atoms with van der Waals surface area (Å²) in [4.78, 5) is 2.26. The molecule has 1 nitrogen and oxygen atoms in total. The van der Waals surface area contributed by atoms with Gasteiger partial charge in [0.2, 0.25) is 0 Å². The van der Waals surface area contributed by atoms with Crippen LogP contribution in [0.3, 0.4) is 0 Å². The Morgan fingerprint density at radius 2 is 1.30 bits per heavy atom. The average Bonchev–Trinajstić information content (AvgIpc) is 1.84. The zero-order valence-corrected chi connectivity index (χ0v) is 4.46. The molecule has 0 saturated carbocycles. The lowest BCUT2D eigenvalue weighted by Crippen LogP contribution is -1.97. The van der Waals surface area contributed by atoms with Crippen molar-refractivity contribution >= 4 is 0 Å². The highest BCUT2D eigenvalue weighted by molar-refractivity contribution is 4.98. The van der Waals surface area contributed by atoms with Crippen molar-refractivity contribution in [1.29, 1.82) is 0 Å². The van der Waals surface area contributed by atoms with Crippen molar-refractivity contribution in [2.45, 2.75) is 0 Å². The van der Waals surface area contributed by atoms with Crippen LogP contribution in [-0.4, -0.2) is 4.98 Å². The lowest BCUT2D eigenvalue weighted by Gasteiger charge is -2.02. The molecular formula is C5F4N-. The predicted octanol–water partition coefficient (Wildman–Crippen LogP) is 1.44. The first-order valence-corrected chi connectivity index (χ1v) is 2.20. The molecule has 1 rings (SSSR count). The van der Waals surface area contributed by atoms with Gasteiger partial charge in [-0.15, -0.1) is 0 Å². The molecule has 0 fully saturated rings. The maximum absolute atomic E-state index is 11.9. The minimum Gasteiger partial charge on any atom is -0.319 e. The van der Waals surface area contributed by atoms with Crippen molar-refractivity contribution in [3.05, 3.63) is 29.6 Å². The van der Waals surface area contributed by atoms with E-state index in [9.17, 15) is 17.6 Å². The van der Waals surface area contributed by atoms with E-state index >= 15 is 0 Å². The molecule has 0 aliphatic carbocycles. The molecule has 54 valence electrons. The van der Waals surface area contributed by atoms with Gasteiger partial charge in [-0.25, -0.2) is 8.78 Å². The molecule has 1 heterocycles. The zero-order valence-electron chi connectivity index (χ0n) is 4.46. The SMILES string of the molecule is Fc1[c-]c(F)c(F)nc1F. The van der Waals surface area contributed by atoms with Crippen LogP contribution in [0.5, 0.6) is 0 Å². The van der Waals surface area contributed by atoms with Gasteiger partial charge in [0.05, 0.1) is 11.6 Å². The quantitative estimate of drug-likeness (QED) is 0.309. The number of hydrogen-bond acceptors (Lipinski definition) is 1. The third-order valence-electron chi connectivity index (χ3n) is 0.778. The monoisotopic (exact) mass is 150 g/mol. The van der Waals surface area contributed by atoms with Gasteiger partial charge in [0, 0.05) is 0 Å². The van der Waals surface area contributed by atoms with Crippen LogP contribution in [0.15, 0.2) is 0 Å². The Labute approximate surface area is 53.3 Å². The highest BCUT2D eigenvalue weighted by Crippen LogP contribution is 2.06. The summed E-state index contributed by atoms with van der Waals surface area (Å²) in [7, 11) is 0. The van der Waals surface area contributed by atoms with Gasteiger partial charge >= 0.3 is 0 Å². The van der Waals surface area contributed by atoms with Gasteiger partial charge in [0.1, 0.15) is 11.9 Å². The molecule has 0 bridgehead atoms. The van der Waals surface area contributed by atoms with Crippen LogP contribution in [0, 0.1) is 29.6 Å². The first kappa shape index (κ1) is 6.98. The van der Waals surface area contributed by atoms with E-state index in [4.69, 9.17) is 0 Å². The summed E-state index contributed by atoms with van der Waals surface area (Å²) in [6.07, 6.45) is 0. The second-order valence-corrected chi connectivity index (χ2v) is 1.45. The second kappa shape index (κ2) is 2.24. The Bertz CT molecular complexity index is 210. The average molecular weight is 150 g/mol. The summed E-state index contributed by atoms with van der Waals surface area (Å²) in [5, 5.41) is 0. The van der Waals surface area contributed by atoms with Gasteiger partial charge in [-0.1, -0.05) is 6.07 Å². The summed E-state index contributed by atoms with van der Waals surface area (Å²) in [5.41, 5.74) is 0. The smallest absolute Gasteiger partial charge is 0.133 e. The van der Waals surface area contributed by atoms with Crippen LogP contribution < -0.4 is 0 Å². The van der Waals surface area contributed by atoms with E-state index in [2.05, 4.69) is 4.98 Å². The van der Waals surface area contributed by atoms with Crippen molar-refractivity contribution in [2.24, 2.45) is 0 Å². The summed E-state index contributed by atoms with van der Waals surface area (Å²) in [5.74, 6) is -6.64. The molecule has 1 aromatic rings. The summed E-state index contributed by atoms with van der Waals surface area (Å²) < 4.78 is 47.4. The molecule has 0 aliphatic heterocycles. The summed E-state index contributed by atoms with van der Waals surface area (Å²) in [6, 6.07) is 1.16. The highest BCUT2D eigenvalue weighted by atomic mass is 19.2. The Morgan fingerprint density at radius 1 is 0.900 bits per heavy atom. The Kier molecular flexibility index (Phi) is 1.57. The fourth-order valence-electron chi connectivity index (χ4n) is 0.384. The minimum absolute atomic E-state index is 1.16. The predicted molar refractivity (Wildman–Crippen MR) is 22.9 cm³/mol. The van der Waals surface area contributed by atoms with Crippen molar-refractivity contribution in [3.63, 3.8) is 0 Å². The van der Waals surface area contributed by atoms with Crippen LogP contribution in [0.1, 0.15) is 0 Å². The first-order valence-electron chi connectivity index (χ1n) is 2.20. The van der Waals surface area contributed by atoms with E-state index in [1.54, 1.807) is 0 Å². The molecule has 0 atom stereocenters. The third-order valence-corrected chi connectivity index (χ3v) is 0.778. The molecule has 0 radical (unpaired) electrons. The van der Waals surface area contributed by atoms with E-state index in [-0.39, 0.29) is 0 Å². The summed E-state index contributed by atoms with van der Waals surface area (Å²) in [6.45, 7) is 0. The molecule has 5 heteroatoms. The molecular weight excluding hydrogens is 150 g/mol. The maximum atomic E-state index is 11.9. The third kappa shape index (κ3) is 1.07. The Hall–Kier alpha value is -1.13. The van der Waals surface area contributed by atoms with E-state index in [0.717, 1.165) is 6.07 Å². The largest absolute Gasteiger partial charge is 0.319 e. The maximum Gasteiger partial charge on any atom is 0.133 e. The van der Waals surface area contributed by atoms with Gasteiger partial charge in [-0.2, -0.15) is 0 Å². The van der Waals surface area contributed by atoms with Gasteiger partial charge in [0.15, 0.2) is 0 Å². The van der Waals surface area contributed by atoms with Crippen LogP contribution in [0.2, 0.25) is 0 Å². The lowest BCUT2D eigenvalue weighted by molar-refractivity contribution is 0.404. The van der Waals surface area contributed by atoms with E-state index in [1.807, 2.05) is 0 Å². The Morgan fingerprint density at radius 3 is 1.60 bits per heavy atom. The molecule has 0 unspecified atom stereocenters. The number of nitrogens with zero attached hydrogens (tertiary/aromatic N) is 1. The first-order chi connectivity index (χ1) is 4.61. The molecule has 1 aromatic heterocycles. The van der Waals surface area contributed by atoms with E-state index < -0.39 is 23.5 Å². The highest BCUT2D eigenvalue weighted by Gasteiger charge is 1.98. The number of pyridine rings is 1. The van der Waals surface area contributed by atoms with E-state index in [1.165, 1.54) is 0 Å². The van der Waals surface area contributed by atoms with Gasteiger partial charge < -0.3 is 4.98 Å². The topological polar surface area (TPSA) is 12.9 Å². The van der Waals surface area contributed by atoms with Crippen LogP contribution >= 0.6 is 0 Å². The zero-order chi connectivity index (χ0) is 7.72. The van der Waals surface area contributed by atoms with Crippen LogP contribution in [-0.2, 0) is 0 Å². The number of hydrogen-bond donors (Lipinski definition) is 0. The molecule has 0 amide bonds. The number of rotatable bonds is 0. The lowest BCUT2D eigenvalue weighted by atomic mass is 10.4. The van der Waals surface area contributed by atoms with Crippen molar-refractivity contribution in [2.75, 3.05) is 0 Å². The molecule has 0 aliphatic rings. The fourth-order valence-corrected chi connectivity index (χ4v) is 0.384. The number of aromatic nitrogens is 1. The van der Waals surface area contributed by atoms with Gasteiger partial charge in [-0.05, 0) is 0 Å². The summed E-state index contributed by atoms with van der Waals surface area (Å²) >= 11 is 0. The fraction of sp³-hybridized carbons (Fsp3) is 0. The van der Waals surface area contributed by atoms with E-state index in [0.29, 0.717) is 0 Å². The molecule has 0 spiro atoms. The second-order valence-electron chi connectivity index (χ2n) is 1.45. The van der Waals surface area contributed by atoms with Crippen molar-refractivity contribution < 1.29 is 17.6 Å². The van der Waals surface area contributed by atoms with Crippen molar-refractivity contribution in [1.82, 2.24) is 4.98 Å². The minimum atomic E-state index is -1.70. The van der Waals surface area contributed by atoms with Gasteiger partial charge in [-0.3, -0.25) is 8.78 Å². The standard InChI is InChI=1S/C5F4N/c6-2-1-3(7)5(9)10-4(2)8/q-1. The van der Waals surface area contributed by atoms with Gasteiger partial charge in [0.25, 0.3) is 0 Å². The molecule has 10 heavy (non-hydrogen) atoms. The normalized spacial score (nSPS) is 10.0. The molecule has 0 aromatic carbocycles. The van der Waals surface area contributed by atoms with Crippen LogP contribution in [0.25, 0.3) is 0 Å². The molecule has 0 N–H and O–H groups in total.